The molecule has 152 valence electrons. The molecule has 0 bridgehead atoms. The maximum Gasteiger partial charge on any atom is 0.282 e. The molecule has 5 nitrogen and oxygen atoms in total. The standard InChI is InChI=1S/C23H19ClN2O3S/c1-13-9-14(2)11-16(10-13)25-21-20(19-5-4-8-30-19)22(27)26(23(21)28)17-12-15(24)6-7-18(17)29-3/h4-12,25H,1-3H3. The Balaban J connectivity index is 1.84. The van der Waals surface area contributed by atoms with Gasteiger partial charge in [-0.3, -0.25) is 9.59 Å². The highest BCUT2D eigenvalue weighted by Gasteiger charge is 2.42. The Morgan fingerprint density at radius 3 is 2.37 bits per heavy atom. The first-order valence-corrected chi connectivity index (χ1v) is 10.5. The average molecular weight is 439 g/mol. The summed E-state index contributed by atoms with van der Waals surface area (Å²) in [4.78, 5) is 28.7. The summed E-state index contributed by atoms with van der Waals surface area (Å²) < 4.78 is 5.38. The van der Waals surface area contributed by atoms with Crippen LogP contribution in [0, 0.1) is 13.8 Å². The Labute approximate surface area is 183 Å². The second kappa shape index (κ2) is 7.97. The monoisotopic (exact) mass is 438 g/mol. The second-order valence-corrected chi connectivity index (χ2v) is 8.37. The number of imide groups is 1. The van der Waals surface area contributed by atoms with Gasteiger partial charge in [-0.25, -0.2) is 4.90 Å². The van der Waals surface area contributed by atoms with E-state index in [0.717, 1.165) is 21.7 Å². The third kappa shape index (κ3) is 3.60. The predicted molar refractivity (Wildman–Crippen MR) is 121 cm³/mol. The van der Waals surface area contributed by atoms with Gasteiger partial charge in [-0.05, 0) is 66.8 Å². The number of carbonyl (C=O) groups excluding carboxylic acids is 2. The third-order valence-electron chi connectivity index (χ3n) is 4.72. The molecule has 1 aromatic heterocycles. The number of nitrogens with one attached hydrogen (secondary N) is 1. The molecule has 2 aromatic carbocycles. The van der Waals surface area contributed by atoms with Crippen LogP contribution in [0.2, 0.25) is 5.02 Å². The van der Waals surface area contributed by atoms with Crippen LogP contribution in [-0.4, -0.2) is 18.9 Å². The first kappa shape index (κ1) is 20.2. The predicted octanol–water partition coefficient (Wildman–Crippen LogP) is 5.42. The van der Waals surface area contributed by atoms with Crippen molar-refractivity contribution in [2.45, 2.75) is 13.8 Å². The van der Waals surface area contributed by atoms with E-state index in [2.05, 4.69) is 5.32 Å². The van der Waals surface area contributed by atoms with Gasteiger partial charge in [0.05, 0.1) is 18.4 Å². The molecule has 7 heteroatoms. The smallest absolute Gasteiger partial charge is 0.282 e. The van der Waals surface area contributed by atoms with Crippen LogP contribution >= 0.6 is 22.9 Å². The molecule has 0 saturated carbocycles. The van der Waals surface area contributed by atoms with E-state index < -0.39 is 11.8 Å². The van der Waals surface area contributed by atoms with Crippen LogP contribution in [0.1, 0.15) is 16.0 Å². The number of aryl methyl sites for hydroxylation is 2. The number of thiophene rings is 1. The van der Waals surface area contributed by atoms with Gasteiger partial charge in [-0.2, -0.15) is 0 Å². The lowest BCUT2D eigenvalue weighted by molar-refractivity contribution is -0.120. The van der Waals surface area contributed by atoms with Crippen molar-refractivity contribution in [3.05, 3.63) is 80.6 Å². The minimum Gasteiger partial charge on any atom is -0.495 e. The van der Waals surface area contributed by atoms with Crippen LogP contribution < -0.4 is 15.0 Å². The quantitative estimate of drug-likeness (QED) is 0.540. The van der Waals surface area contributed by atoms with Gasteiger partial charge >= 0.3 is 0 Å². The van der Waals surface area contributed by atoms with E-state index in [1.165, 1.54) is 18.4 Å². The van der Waals surface area contributed by atoms with E-state index in [9.17, 15) is 9.59 Å². The zero-order chi connectivity index (χ0) is 21.4. The number of benzene rings is 2. The van der Waals surface area contributed by atoms with Gasteiger partial charge in [0, 0.05) is 15.6 Å². The summed E-state index contributed by atoms with van der Waals surface area (Å²) in [6.45, 7) is 3.97. The molecule has 0 saturated heterocycles. The van der Waals surface area contributed by atoms with Gasteiger partial charge in [0.25, 0.3) is 11.8 Å². The number of hydrogen-bond acceptors (Lipinski definition) is 5. The molecule has 0 fully saturated rings. The van der Waals surface area contributed by atoms with Crippen LogP contribution in [0.3, 0.4) is 0 Å². The highest BCUT2D eigenvalue weighted by molar-refractivity contribution is 7.11. The van der Waals surface area contributed by atoms with Gasteiger partial charge in [-0.15, -0.1) is 11.3 Å². The van der Waals surface area contributed by atoms with E-state index in [4.69, 9.17) is 16.3 Å². The van der Waals surface area contributed by atoms with E-state index in [-0.39, 0.29) is 5.70 Å². The molecule has 0 radical (unpaired) electrons. The molecular formula is C23H19ClN2O3S. The fraction of sp³-hybridized carbons (Fsp3) is 0.130. The highest BCUT2D eigenvalue weighted by atomic mass is 35.5. The Morgan fingerprint density at radius 2 is 1.73 bits per heavy atom. The molecular weight excluding hydrogens is 420 g/mol. The highest BCUT2D eigenvalue weighted by Crippen LogP contribution is 2.40. The van der Waals surface area contributed by atoms with Crippen molar-refractivity contribution >= 4 is 51.7 Å². The van der Waals surface area contributed by atoms with Gasteiger partial charge in [0.1, 0.15) is 11.4 Å². The summed E-state index contributed by atoms with van der Waals surface area (Å²) in [5.41, 5.74) is 3.73. The number of anilines is 2. The minimum absolute atomic E-state index is 0.231. The molecule has 4 rings (SSSR count). The van der Waals surface area contributed by atoms with Crippen LogP contribution in [0.5, 0.6) is 5.75 Å². The summed E-state index contributed by atoms with van der Waals surface area (Å²) in [5.74, 6) is -0.489. The normalized spacial score (nSPS) is 13.9. The zero-order valence-electron chi connectivity index (χ0n) is 16.7. The summed E-state index contributed by atoms with van der Waals surface area (Å²) in [5, 5.41) is 5.47. The Hall–Kier alpha value is -3.09. The van der Waals surface area contributed by atoms with E-state index in [1.54, 1.807) is 18.2 Å². The fourth-order valence-corrected chi connectivity index (χ4v) is 4.48. The van der Waals surface area contributed by atoms with E-state index >= 15 is 0 Å². The molecule has 1 aliphatic rings. The Bertz CT molecular complexity index is 1160. The second-order valence-electron chi connectivity index (χ2n) is 6.99. The van der Waals surface area contributed by atoms with Crippen molar-refractivity contribution in [1.82, 2.24) is 0 Å². The summed E-state index contributed by atoms with van der Waals surface area (Å²) in [6.07, 6.45) is 0. The van der Waals surface area contributed by atoms with Crippen molar-refractivity contribution < 1.29 is 14.3 Å². The minimum atomic E-state index is -0.455. The lowest BCUT2D eigenvalue weighted by Gasteiger charge is -2.18. The molecule has 2 heterocycles. The van der Waals surface area contributed by atoms with Crippen molar-refractivity contribution in [3.63, 3.8) is 0 Å². The van der Waals surface area contributed by atoms with Crippen molar-refractivity contribution in [2.24, 2.45) is 0 Å². The van der Waals surface area contributed by atoms with Crippen molar-refractivity contribution in [1.29, 1.82) is 0 Å². The number of methoxy groups -OCH3 is 1. The van der Waals surface area contributed by atoms with Gasteiger partial charge in [0.2, 0.25) is 0 Å². The molecule has 0 unspecified atom stereocenters. The van der Waals surface area contributed by atoms with E-state index in [0.29, 0.717) is 26.9 Å². The Kier molecular flexibility index (Phi) is 5.37. The number of nitrogens with zero attached hydrogens (tertiary/aromatic N) is 1. The molecule has 30 heavy (non-hydrogen) atoms. The van der Waals surface area contributed by atoms with Crippen LogP contribution in [0.25, 0.3) is 5.57 Å². The largest absolute Gasteiger partial charge is 0.495 e. The molecule has 2 amide bonds. The van der Waals surface area contributed by atoms with Crippen molar-refractivity contribution in [3.8, 4) is 5.75 Å². The number of rotatable bonds is 5. The van der Waals surface area contributed by atoms with Gasteiger partial charge in [-0.1, -0.05) is 23.7 Å². The molecule has 0 spiro atoms. The summed E-state index contributed by atoms with van der Waals surface area (Å²) >= 11 is 7.55. The summed E-state index contributed by atoms with van der Waals surface area (Å²) in [6, 6.07) is 14.4. The first-order chi connectivity index (χ1) is 14.4. The topological polar surface area (TPSA) is 58.6 Å². The number of carbonyl (C=O) groups is 2. The fourth-order valence-electron chi connectivity index (χ4n) is 3.54. The first-order valence-electron chi connectivity index (χ1n) is 9.25. The summed E-state index contributed by atoms with van der Waals surface area (Å²) in [7, 11) is 1.49. The SMILES string of the molecule is COc1ccc(Cl)cc1N1C(=O)C(Nc2cc(C)cc(C)c2)=C(c2cccs2)C1=O. The van der Waals surface area contributed by atoms with Crippen LogP contribution in [-0.2, 0) is 9.59 Å². The van der Waals surface area contributed by atoms with Crippen LogP contribution in [0.15, 0.2) is 59.6 Å². The lowest BCUT2D eigenvalue weighted by Crippen LogP contribution is -2.32. The van der Waals surface area contributed by atoms with Crippen molar-refractivity contribution in [2.75, 3.05) is 17.3 Å². The van der Waals surface area contributed by atoms with Crippen LogP contribution in [0.4, 0.5) is 11.4 Å². The lowest BCUT2D eigenvalue weighted by atomic mass is 10.1. The number of halogens is 1. The number of hydrogen-bond donors (Lipinski definition) is 1. The Morgan fingerprint density at radius 1 is 1.00 bits per heavy atom. The van der Waals surface area contributed by atoms with Gasteiger partial charge < -0.3 is 10.1 Å². The number of amides is 2. The maximum atomic E-state index is 13.5. The number of ether oxygens (including phenoxy) is 1. The molecule has 0 aliphatic carbocycles. The molecule has 3 aromatic rings. The maximum absolute atomic E-state index is 13.5. The zero-order valence-corrected chi connectivity index (χ0v) is 18.2. The molecule has 1 N–H and O–H groups in total. The molecule has 1 aliphatic heterocycles. The third-order valence-corrected chi connectivity index (χ3v) is 5.85. The molecule has 0 atom stereocenters. The average Bonchev–Trinajstić information content (AvgIpc) is 3.28. The van der Waals surface area contributed by atoms with E-state index in [1.807, 2.05) is 49.6 Å². The van der Waals surface area contributed by atoms with Gasteiger partial charge in [0.15, 0.2) is 0 Å².